The zero-order chi connectivity index (χ0) is 14.4. The SMILES string of the molecule is Cc1cc(NCC(=O)N/N=C/c2ccco2)ccc1I. The highest BCUT2D eigenvalue weighted by Crippen LogP contribution is 2.16. The summed E-state index contributed by atoms with van der Waals surface area (Å²) in [6.45, 7) is 2.19. The van der Waals surface area contributed by atoms with Crippen LogP contribution in [0, 0.1) is 10.5 Å². The fraction of sp³-hybridized carbons (Fsp3) is 0.143. The number of halogens is 1. The Morgan fingerprint density at radius 3 is 3.00 bits per heavy atom. The lowest BCUT2D eigenvalue weighted by atomic mass is 10.2. The van der Waals surface area contributed by atoms with Gasteiger partial charge in [0.05, 0.1) is 19.0 Å². The Labute approximate surface area is 130 Å². The van der Waals surface area contributed by atoms with Gasteiger partial charge < -0.3 is 9.73 Å². The van der Waals surface area contributed by atoms with Gasteiger partial charge in [-0.2, -0.15) is 5.10 Å². The average molecular weight is 383 g/mol. The second kappa shape index (κ2) is 7.09. The van der Waals surface area contributed by atoms with Crippen molar-refractivity contribution in [1.82, 2.24) is 5.43 Å². The molecule has 0 atom stereocenters. The molecule has 0 fully saturated rings. The van der Waals surface area contributed by atoms with Crippen LogP contribution in [-0.2, 0) is 4.79 Å². The Kier molecular flexibility index (Phi) is 5.16. The minimum absolute atomic E-state index is 0.162. The van der Waals surface area contributed by atoms with Gasteiger partial charge in [0.25, 0.3) is 5.91 Å². The first kappa shape index (κ1) is 14.6. The first-order valence-corrected chi connectivity index (χ1v) is 7.08. The maximum Gasteiger partial charge on any atom is 0.259 e. The molecule has 0 aliphatic heterocycles. The number of anilines is 1. The molecule has 104 valence electrons. The van der Waals surface area contributed by atoms with Crippen LogP contribution in [-0.4, -0.2) is 18.7 Å². The number of hydrazone groups is 1. The monoisotopic (exact) mass is 383 g/mol. The number of aryl methyl sites for hydroxylation is 1. The summed E-state index contributed by atoms with van der Waals surface area (Å²) in [5, 5.41) is 6.84. The third-order valence-electron chi connectivity index (χ3n) is 2.54. The fourth-order valence-corrected chi connectivity index (χ4v) is 1.84. The van der Waals surface area contributed by atoms with Crippen molar-refractivity contribution >= 4 is 40.4 Å². The molecule has 0 saturated carbocycles. The second-order valence-electron chi connectivity index (χ2n) is 4.13. The number of nitrogens with zero attached hydrogens (tertiary/aromatic N) is 1. The zero-order valence-electron chi connectivity index (χ0n) is 10.9. The predicted octanol–water partition coefficient (Wildman–Crippen LogP) is 2.75. The number of amides is 1. The van der Waals surface area contributed by atoms with E-state index >= 15 is 0 Å². The van der Waals surface area contributed by atoms with Crippen LogP contribution in [0.15, 0.2) is 46.1 Å². The largest absolute Gasteiger partial charge is 0.463 e. The second-order valence-corrected chi connectivity index (χ2v) is 5.29. The maximum absolute atomic E-state index is 11.6. The molecule has 6 heteroatoms. The van der Waals surface area contributed by atoms with E-state index in [1.165, 1.54) is 15.3 Å². The van der Waals surface area contributed by atoms with Gasteiger partial charge in [0.1, 0.15) is 5.76 Å². The number of hydrogen-bond acceptors (Lipinski definition) is 4. The molecule has 1 aromatic heterocycles. The van der Waals surface area contributed by atoms with E-state index in [1.807, 2.05) is 25.1 Å². The minimum Gasteiger partial charge on any atom is -0.463 e. The van der Waals surface area contributed by atoms with E-state index in [-0.39, 0.29) is 12.5 Å². The standard InChI is InChI=1S/C14H14IN3O2/c1-10-7-11(4-5-13(10)15)16-9-14(19)18-17-8-12-3-2-6-20-12/h2-8,16H,9H2,1H3,(H,18,19)/b17-8+. The Morgan fingerprint density at radius 1 is 1.45 bits per heavy atom. The lowest BCUT2D eigenvalue weighted by Crippen LogP contribution is -2.25. The molecule has 1 amide bonds. The highest BCUT2D eigenvalue weighted by atomic mass is 127. The Hall–Kier alpha value is -1.83. The number of benzene rings is 1. The van der Waals surface area contributed by atoms with Crippen molar-refractivity contribution in [1.29, 1.82) is 0 Å². The number of furan rings is 1. The number of carbonyl (C=O) groups excluding carboxylic acids is 1. The lowest BCUT2D eigenvalue weighted by molar-refractivity contribution is -0.119. The zero-order valence-corrected chi connectivity index (χ0v) is 13.0. The van der Waals surface area contributed by atoms with Gasteiger partial charge in [0.15, 0.2) is 0 Å². The minimum atomic E-state index is -0.219. The molecule has 2 rings (SSSR count). The normalized spacial score (nSPS) is 10.7. The van der Waals surface area contributed by atoms with Crippen LogP contribution in [0.4, 0.5) is 5.69 Å². The Bertz CT molecular complexity index is 609. The Balaban J connectivity index is 1.78. The molecule has 5 nitrogen and oxygen atoms in total. The molecule has 1 heterocycles. The van der Waals surface area contributed by atoms with Crippen molar-refractivity contribution in [2.24, 2.45) is 5.10 Å². The molecule has 0 aliphatic carbocycles. The number of carbonyl (C=O) groups is 1. The van der Waals surface area contributed by atoms with E-state index in [2.05, 4.69) is 38.4 Å². The molecule has 2 N–H and O–H groups in total. The van der Waals surface area contributed by atoms with Crippen molar-refractivity contribution < 1.29 is 9.21 Å². The summed E-state index contributed by atoms with van der Waals surface area (Å²) in [6, 6.07) is 9.45. The van der Waals surface area contributed by atoms with Crippen LogP contribution in [0.5, 0.6) is 0 Å². The van der Waals surface area contributed by atoms with Gasteiger partial charge in [-0.15, -0.1) is 0 Å². The number of rotatable bonds is 5. The quantitative estimate of drug-likeness (QED) is 0.474. The highest BCUT2D eigenvalue weighted by molar-refractivity contribution is 14.1. The summed E-state index contributed by atoms with van der Waals surface area (Å²) >= 11 is 2.27. The van der Waals surface area contributed by atoms with Crippen LogP contribution >= 0.6 is 22.6 Å². The summed E-state index contributed by atoms with van der Waals surface area (Å²) in [7, 11) is 0. The van der Waals surface area contributed by atoms with Crippen LogP contribution in [0.25, 0.3) is 0 Å². The molecular formula is C14H14IN3O2. The highest BCUT2D eigenvalue weighted by Gasteiger charge is 2.01. The van der Waals surface area contributed by atoms with Crippen molar-refractivity contribution in [2.75, 3.05) is 11.9 Å². The molecule has 1 aromatic carbocycles. The van der Waals surface area contributed by atoms with E-state index in [0.717, 1.165) is 5.69 Å². The summed E-state index contributed by atoms with van der Waals surface area (Å²) in [5.41, 5.74) is 4.51. The summed E-state index contributed by atoms with van der Waals surface area (Å²) in [5.74, 6) is 0.371. The molecule has 20 heavy (non-hydrogen) atoms. The van der Waals surface area contributed by atoms with E-state index in [1.54, 1.807) is 18.4 Å². The van der Waals surface area contributed by atoms with Gasteiger partial charge in [0, 0.05) is 9.26 Å². The van der Waals surface area contributed by atoms with Crippen LogP contribution in [0.3, 0.4) is 0 Å². The van der Waals surface area contributed by atoms with Crippen LogP contribution in [0.2, 0.25) is 0 Å². The van der Waals surface area contributed by atoms with E-state index < -0.39 is 0 Å². The van der Waals surface area contributed by atoms with Crippen molar-refractivity contribution in [2.45, 2.75) is 6.92 Å². The van der Waals surface area contributed by atoms with Gasteiger partial charge in [-0.05, 0) is 65.4 Å². The molecule has 0 radical (unpaired) electrons. The fourth-order valence-electron chi connectivity index (χ4n) is 1.51. The van der Waals surface area contributed by atoms with Gasteiger partial charge in [-0.1, -0.05) is 0 Å². The van der Waals surface area contributed by atoms with E-state index in [0.29, 0.717) is 5.76 Å². The number of nitrogens with one attached hydrogen (secondary N) is 2. The van der Waals surface area contributed by atoms with Crippen molar-refractivity contribution in [3.05, 3.63) is 51.5 Å². The van der Waals surface area contributed by atoms with Gasteiger partial charge in [-0.25, -0.2) is 5.43 Å². The molecule has 0 saturated heterocycles. The van der Waals surface area contributed by atoms with Gasteiger partial charge in [-0.3, -0.25) is 4.79 Å². The van der Waals surface area contributed by atoms with Crippen molar-refractivity contribution in [3.8, 4) is 0 Å². The van der Waals surface area contributed by atoms with E-state index in [9.17, 15) is 4.79 Å². The summed E-state index contributed by atoms with van der Waals surface area (Å²) in [4.78, 5) is 11.6. The van der Waals surface area contributed by atoms with Crippen LogP contribution in [0.1, 0.15) is 11.3 Å². The van der Waals surface area contributed by atoms with Gasteiger partial charge >= 0.3 is 0 Å². The first-order valence-electron chi connectivity index (χ1n) is 6.00. The third kappa shape index (κ3) is 4.37. The first-order chi connectivity index (χ1) is 9.65. The average Bonchev–Trinajstić information content (AvgIpc) is 2.93. The third-order valence-corrected chi connectivity index (χ3v) is 3.75. The molecule has 0 aliphatic rings. The molecule has 0 spiro atoms. The molecule has 0 unspecified atom stereocenters. The smallest absolute Gasteiger partial charge is 0.259 e. The predicted molar refractivity (Wildman–Crippen MR) is 86.8 cm³/mol. The lowest BCUT2D eigenvalue weighted by Gasteiger charge is -2.07. The summed E-state index contributed by atoms with van der Waals surface area (Å²) in [6.07, 6.45) is 3.00. The van der Waals surface area contributed by atoms with Gasteiger partial charge in [0.2, 0.25) is 0 Å². The topological polar surface area (TPSA) is 66.6 Å². The van der Waals surface area contributed by atoms with E-state index in [4.69, 9.17) is 4.42 Å². The summed E-state index contributed by atoms with van der Waals surface area (Å²) < 4.78 is 6.25. The Morgan fingerprint density at radius 2 is 2.30 bits per heavy atom. The van der Waals surface area contributed by atoms with Crippen LogP contribution < -0.4 is 10.7 Å². The molecule has 2 aromatic rings. The van der Waals surface area contributed by atoms with Crippen molar-refractivity contribution in [3.63, 3.8) is 0 Å². The molecular weight excluding hydrogens is 369 g/mol. The number of hydrogen-bond donors (Lipinski definition) is 2. The maximum atomic E-state index is 11.6. The molecule has 0 bridgehead atoms.